The first-order chi connectivity index (χ1) is 13.1. The van der Waals surface area contributed by atoms with Crippen LogP contribution in [0.25, 0.3) is 0 Å². The van der Waals surface area contributed by atoms with E-state index in [2.05, 4.69) is 15.8 Å². The minimum absolute atomic E-state index is 0.472. The molecular formula is C19H21N3O5. The molecule has 142 valence electrons. The number of ether oxygens (including phenoxy) is 3. The molecule has 2 aromatic carbocycles. The summed E-state index contributed by atoms with van der Waals surface area (Å²) in [6.07, 6.45) is 1.38. The van der Waals surface area contributed by atoms with E-state index in [0.717, 1.165) is 0 Å². The molecule has 0 aromatic heterocycles. The molecule has 2 rings (SSSR count). The lowest BCUT2D eigenvalue weighted by Gasteiger charge is -2.07. The first-order valence-electron chi connectivity index (χ1n) is 8.16. The molecule has 0 aliphatic rings. The third-order valence-electron chi connectivity index (χ3n) is 3.44. The quantitative estimate of drug-likeness (QED) is 0.442. The van der Waals surface area contributed by atoms with Crippen LogP contribution >= 0.6 is 0 Å². The molecule has 0 aliphatic heterocycles. The van der Waals surface area contributed by atoms with E-state index in [1.807, 2.05) is 6.92 Å². The predicted molar refractivity (Wildman–Crippen MR) is 102 cm³/mol. The van der Waals surface area contributed by atoms with Crippen molar-refractivity contribution in [2.24, 2.45) is 5.10 Å². The molecule has 0 aliphatic carbocycles. The van der Waals surface area contributed by atoms with E-state index in [4.69, 9.17) is 14.2 Å². The fourth-order valence-electron chi connectivity index (χ4n) is 2.13. The van der Waals surface area contributed by atoms with Crippen LogP contribution in [0, 0.1) is 0 Å². The topological polar surface area (TPSA) is 98.2 Å². The summed E-state index contributed by atoms with van der Waals surface area (Å²) in [6.45, 7) is 2.42. The van der Waals surface area contributed by atoms with Crippen molar-refractivity contribution in [2.75, 3.05) is 26.1 Å². The van der Waals surface area contributed by atoms with Crippen molar-refractivity contribution in [1.82, 2.24) is 5.43 Å². The van der Waals surface area contributed by atoms with Gasteiger partial charge in [-0.15, -0.1) is 0 Å². The molecule has 0 atom stereocenters. The number of anilines is 1. The maximum Gasteiger partial charge on any atom is 0.329 e. The summed E-state index contributed by atoms with van der Waals surface area (Å²) in [7, 11) is 3.06. The lowest BCUT2D eigenvalue weighted by atomic mass is 10.2. The Morgan fingerprint density at radius 2 is 1.70 bits per heavy atom. The molecule has 0 spiro atoms. The van der Waals surface area contributed by atoms with Gasteiger partial charge in [0, 0.05) is 17.3 Å². The van der Waals surface area contributed by atoms with E-state index in [9.17, 15) is 9.59 Å². The summed E-state index contributed by atoms with van der Waals surface area (Å²) in [6, 6.07) is 11.8. The summed E-state index contributed by atoms with van der Waals surface area (Å²) < 4.78 is 15.6. The molecule has 0 bridgehead atoms. The Labute approximate surface area is 157 Å². The summed E-state index contributed by atoms with van der Waals surface area (Å²) in [5.41, 5.74) is 3.26. The number of hydrogen-bond donors (Lipinski definition) is 2. The Hall–Kier alpha value is -3.55. The average Bonchev–Trinajstić information content (AvgIpc) is 2.69. The van der Waals surface area contributed by atoms with Gasteiger partial charge in [0.2, 0.25) is 0 Å². The molecule has 0 fully saturated rings. The summed E-state index contributed by atoms with van der Waals surface area (Å²) in [5.74, 6) is 0.0950. The average molecular weight is 371 g/mol. The molecule has 2 amide bonds. The van der Waals surface area contributed by atoms with Crippen LogP contribution in [-0.2, 0) is 9.59 Å². The monoisotopic (exact) mass is 371 g/mol. The van der Waals surface area contributed by atoms with Crippen LogP contribution in [0.2, 0.25) is 0 Å². The van der Waals surface area contributed by atoms with Gasteiger partial charge in [-0.2, -0.15) is 5.10 Å². The Bertz CT molecular complexity index is 819. The third kappa shape index (κ3) is 5.74. The minimum Gasteiger partial charge on any atom is -0.497 e. The van der Waals surface area contributed by atoms with Crippen LogP contribution in [0.1, 0.15) is 12.5 Å². The zero-order chi connectivity index (χ0) is 19.6. The fraction of sp³-hybridized carbons (Fsp3) is 0.211. The van der Waals surface area contributed by atoms with Crippen LogP contribution in [0.5, 0.6) is 17.2 Å². The standard InChI is InChI=1S/C19H21N3O5/c1-4-27-15-9-6-14(7-10-15)21-18(23)19(24)22-20-12-13-5-8-16(25-2)11-17(13)26-3/h5-12H,4H2,1-3H3,(H,21,23)(H,22,24)/b20-12+. The van der Waals surface area contributed by atoms with E-state index in [1.165, 1.54) is 13.3 Å². The van der Waals surface area contributed by atoms with Gasteiger partial charge in [0.05, 0.1) is 27.0 Å². The van der Waals surface area contributed by atoms with Gasteiger partial charge in [0.25, 0.3) is 0 Å². The van der Waals surface area contributed by atoms with Crippen LogP contribution < -0.4 is 25.0 Å². The second-order valence-electron chi connectivity index (χ2n) is 5.22. The van der Waals surface area contributed by atoms with Crippen molar-refractivity contribution in [2.45, 2.75) is 6.92 Å². The van der Waals surface area contributed by atoms with Crippen molar-refractivity contribution in [3.8, 4) is 17.2 Å². The molecule has 8 heteroatoms. The maximum absolute atomic E-state index is 11.9. The number of nitrogens with one attached hydrogen (secondary N) is 2. The highest BCUT2D eigenvalue weighted by Gasteiger charge is 2.13. The fourth-order valence-corrected chi connectivity index (χ4v) is 2.13. The largest absolute Gasteiger partial charge is 0.497 e. The number of amides is 2. The second-order valence-corrected chi connectivity index (χ2v) is 5.22. The zero-order valence-electron chi connectivity index (χ0n) is 15.3. The SMILES string of the molecule is CCOc1ccc(NC(=O)C(=O)N/N=C/c2ccc(OC)cc2OC)cc1. The van der Waals surface area contributed by atoms with Crippen molar-refractivity contribution in [1.29, 1.82) is 0 Å². The van der Waals surface area contributed by atoms with Gasteiger partial charge in [0.1, 0.15) is 17.2 Å². The normalized spacial score (nSPS) is 10.3. The molecule has 0 heterocycles. The van der Waals surface area contributed by atoms with Gasteiger partial charge in [-0.1, -0.05) is 0 Å². The molecule has 8 nitrogen and oxygen atoms in total. The number of benzene rings is 2. The molecule has 2 aromatic rings. The lowest BCUT2D eigenvalue weighted by molar-refractivity contribution is -0.136. The highest BCUT2D eigenvalue weighted by Crippen LogP contribution is 2.23. The molecule has 0 radical (unpaired) electrons. The lowest BCUT2D eigenvalue weighted by Crippen LogP contribution is -2.32. The van der Waals surface area contributed by atoms with Gasteiger partial charge < -0.3 is 19.5 Å². The van der Waals surface area contributed by atoms with Crippen LogP contribution in [0.3, 0.4) is 0 Å². The van der Waals surface area contributed by atoms with Crippen molar-refractivity contribution in [3.05, 3.63) is 48.0 Å². The van der Waals surface area contributed by atoms with Gasteiger partial charge in [0.15, 0.2) is 0 Å². The Morgan fingerprint density at radius 1 is 1.00 bits per heavy atom. The van der Waals surface area contributed by atoms with Crippen LogP contribution in [0.4, 0.5) is 5.69 Å². The molecule has 2 N–H and O–H groups in total. The van der Waals surface area contributed by atoms with Crippen molar-refractivity contribution in [3.63, 3.8) is 0 Å². The first kappa shape index (κ1) is 19.8. The van der Waals surface area contributed by atoms with Gasteiger partial charge in [-0.05, 0) is 43.3 Å². The Balaban J connectivity index is 1.92. The highest BCUT2D eigenvalue weighted by atomic mass is 16.5. The van der Waals surface area contributed by atoms with E-state index in [1.54, 1.807) is 49.6 Å². The van der Waals surface area contributed by atoms with E-state index in [0.29, 0.717) is 35.1 Å². The smallest absolute Gasteiger partial charge is 0.329 e. The third-order valence-corrected chi connectivity index (χ3v) is 3.44. The molecule has 0 saturated carbocycles. The number of methoxy groups -OCH3 is 2. The first-order valence-corrected chi connectivity index (χ1v) is 8.16. The van der Waals surface area contributed by atoms with Crippen LogP contribution in [0.15, 0.2) is 47.6 Å². The number of carbonyl (C=O) groups excluding carboxylic acids is 2. The summed E-state index contributed by atoms with van der Waals surface area (Å²) in [4.78, 5) is 23.8. The Kier molecular flexibility index (Phi) is 7.18. The van der Waals surface area contributed by atoms with Gasteiger partial charge in [-0.25, -0.2) is 5.43 Å². The number of hydrazone groups is 1. The molecular weight excluding hydrogens is 350 g/mol. The predicted octanol–water partition coefficient (Wildman–Crippen LogP) is 2.19. The number of carbonyl (C=O) groups is 2. The second kappa shape index (κ2) is 9.81. The van der Waals surface area contributed by atoms with E-state index in [-0.39, 0.29) is 0 Å². The van der Waals surface area contributed by atoms with Crippen molar-refractivity contribution < 1.29 is 23.8 Å². The van der Waals surface area contributed by atoms with E-state index >= 15 is 0 Å². The maximum atomic E-state index is 11.9. The minimum atomic E-state index is -0.896. The molecule has 27 heavy (non-hydrogen) atoms. The Morgan fingerprint density at radius 3 is 2.33 bits per heavy atom. The zero-order valence-corrected chi connectivity index (χ0v) is 15.3. The summed E-state index contributed by atoms with van der Waals surface area (Å²) in [5, 5.41) is 6.26. The summed E-state index contributed by atoms with van der Waals surface area (Å²) >= 11 is 0. The van der Waals surface area contributed by atoms with Gasteiger partial charge >= 0.3 is 11.8 Å². The number of hydrogen-bond acceptors (Lipinski definition) is 6. The van der Waals surface area contributed by atoms with Gasteiger partial charge in [-0.3, -0.25) is 9.59 Å². The van der Waals surface area contributed by atoms with Crippen molar-refractivity contribution >= 4 is 23.7 Å². The highest BCUT2D eigenvalue weighted by molar-refractivity contribution is 6.39. The number of nitrogens with zero attached hydrogens (tertiary/aromatic N) is 1. The molecule has 0 saturated heterocycles. The molecule has 0 unspecified atom stereocenters. The number of rotatable bonds is 7. The van der Waals surface area contributed by atoms with Crippen LogP contribution in [-0.4, -0.2) is 38.9 Å². The van der Waals surface area contributed by atoms with E-state index < -0.39 is 11.8 Å².